The molecule has 0 aliphatic carbocycles. The molecule has 0 atom stereocenters. The largest absolute Gasteiger partial charge is 0.397 e. The molecular formula is C16H22N2O2S. The number of likely N-dealkylation sites (N-methyl/N-ethyl adjacent to an activating group) is 1. The van der Waals surface area contributed by atoms with Gasteiger partial charge in [0.2, 0.25) is 0 Å². The number of aryl methyl sites for hydroxylation is 1. The van der Waals surface area contributed by atoms with Gasteiger partial charge in [-0.25, -0.2) is 0 Å². The Morgan fingerprint density at radius 1 is 1.38 bits per heavy atom. The lowest BCUT2D eigenvalue weighted by atomic mass is 10.1. The normalized spacial score (nSPS) is 11.0. The number of rotatable bonds is 6. The second-order valence-corrected chi connectivity index (χ2v) is 5.98. The second kappa shape index (κ2) is 6.91. The summed E-state index contributed by atoms with van der Waals surface area (Å²) in [5, 5.41) is 0.976. The van der Waals surface area contributed by atoms with Crippen LogP contribution in [-0.2, 0) is 4.74 Å². The monoisotopic (exact) mass is 306 g/mol. The van der Waals surface area contributed by atoms with E-state index in [1.807, 2.05) is 39.0 Å². The summed E-state index contributed by atoms with van der Waals surface area (Å²) in [5.41, 5.74) is 7.93. The van der Waals surface area contributed by atoms with Crippen molar-refractivity contribution >= 4 is 33.0 Å². The Bertz CT molecular complexity index is 636. The number of hydrogen-bond acceptors (Lipinski definition) is 4. The first kappa shape index (κ1) is 15.8. The van der Waals surface area contributed by atoms with Crippen molar-refractivity contribution in [3.8, 4) is 0 Å². The summed E-state index contributed by atoms with van der Waals surface area (Å²) in [4.78, 5) is 15.1. The zero-order valence-electron chi connectivity index (χ0n) is 12.8. The number of nitrogens with zero attached hydrogens (tertiary/aromatic N) is 1. The molecule has 0 bridgehead atoms. The Morgan fingerprint density at radius 3 is 2.81 bits per heavy atom. The van der Waals surface area contributed by atoms with Crippen molar-refractivity contribution in [2.45, 2.75) is 20.8 Å². The number of anilines is 1. The van der Waals surface area contributed by atoms with Crippen molar-refractivity contribution in [3.63, 3.8) is 0 Å². The van der Waals surface area contributed by atoms with Crippen LogP contribution in [0, 0.1) is 6.92 Å². The van der Waals surface area contributed by atoms with Gasteiger partial charge in [0, 0.05) is 29.8 Å². The van der Waals surface area contributed by atoms with Gasteiger partial charge in [0.15, 0.2) is 0 Å². The predicted octanol–water partition coefficient (Wildman–Crippen LogP) is 3.29. The smallest absolute Gasteiger partial charge is 0.266 e. The van der Waals surface area contributed by atoms with Gasteiger partial charge in [0.1, 0.15) is 4.88 Å². The van der Waals surface area contributed by atoms with Gasteiger partial charge in [-0.1, -0.05) is 11.6 Å². The molecule has 1 heterocycles. The number of benzene rings is 1. The third-order valence-corrected chi connectivity index (χ3v) is 4.63. The lowest BCUT2D eigenvalue weighted by molar-refractivity contribution is 0.0674. The van der Waals surface area contributed by atoms with E-state index < -0.39 is 0 Å². The fourth-order valence-electron chi connectivity index (χ4n) is 2.26. The van der Waals surface area contributed by atoms with E-state index in [0.717, 1.165) is 15.6 Å². The highest BCUT2D eigenvalue weighted by Gasteiger charge is 2.21. The van der Waals surface area contributed by atoms with Crippen LogP contribution in [0.25, 0.3) is 10.1 Å². The van der Waals surface area contributed by atoms with Crippen molar-refractivity contribution in [1.29, 1.82) is 0 Å². The maximum atomic E-state index is 12.6. The van der Waals surface area contributed by atoms with Crippen LogP contribution < -0.4 is 5.73 Å². The fraction of sp³-hybridized carbons (Fsp3) is 0.438. The predicted molar refractivity (Wildman–Crippen MR) is 89.0 cm³/mol. The summed E-state index contributed by atoms with van der Waals surface area (Å²) in [6.45, 7) is 8.41. The van der Waals surface area contributed by atoms with Crippen LogP contribution in [0.15, 0.2) is 18.2 Å². The summed E-state index contributed by atoms with van der Waals surface area (Å²) in [6.07, 6.45) is 0. The highest BCUT2D eigenvalue weighted by atomic mass is 32.1. The SMILES string of the molecule is CCOCCN(CC)C(=O)c1sc2ccc(C)cc2c1N. The summed E-state index contributed by atoms with van der Waals surface area (Å²) >= 11 is 1.47. The second-order valence-electron chi connectivity index (χ2n) is 4.93. The number of nitrogen functional groups attached to an aromatic ring is 1. The van der Waals surface area contributed by atoms with E-state index >= 15 is 0 Å². The molecule has 2 N–H and O–H groups in total. The minimum Gasteiger partial charge on any atom is -0.397 e. The Balaban J connectivity index is 2.27. The first-order valence-electron chi connectivity index (χ1n) is 7.24. The fourth-order valence-corrected chi connectivity index (χ4v) is 3.33. The Morgan fingerprint density at radius 2 is 2.14 bits per heavy atom. The Labute approximate surface area is 129 Å². The van der Waals surface area contributed by atoms with E-state index in [4.69, 9.17) is 10.5 Å². The first-order valence-corrected chi connectivity index (χ1v) is 8.05. The van der Waals surface area contributed by atoms with Gasteiger partial charge in [-0.05, 0) is 32.9 Å². The van der Waals surface area contributed by atoms with Crippen molar-refractivity contribution in [2.75, 3.05) is 32.0 Å². The average molecular weight is 306 g/mol. The zero-order chi connectivity index (χ0) is 15.4. The quantitative estimate of drug-likeness (QED) is 0.833. The summed E-state index contributed by atoms with van der Waals surface area (Å²) in [7, 11) is 0. The lowest BCUT2D eigenvalue weighted by Crippen LogP contribution is -2.33. The number of fused-ring (bicyclic) bond motifs is 1. The standard InChI is InChI=1S/C16H22N2O2S/c1-4-18(8-9-20-5-2)16(19)15-14(17)12-10-11(3)6-7-13(12)21-15/h6-7,10H,4-5,8-9,17H2,1-3H3. The molecule has 0 spiro atoms. The molecule has 0 aliphatic rings. The van der Waals surface area contributed by atoms with Crippen LogP contribution in [0.4, 0.5) is 5.69 Å². The molecule has 2 aromatic rings. The molecule has 0 radical (unpaired) electrons. The number of carbonyl (C=O) groups excluding carboxylic acids is 1. The van der Waals surface area contributed by atoms with Crippen LogP contribution >= 0.6 is 11.3 Å². The number of amides is 1. The molecular weight excluding hydrogens is 284 g/mol. The van der Waals surface area contributed by atoms with Gasteiger partial charge >= 0.3 is 0 Å². The van der Waals surface area contributed by atoms with Gasteiger partial charge in [-0.2, -0.15) is 0 Å². The number of nitrogens with two attached hydrogens (primary N) is 1. The van der Waals surface area contributed by atoms with Crippen molar-refractivity contribution < 1.29 is 9.53 Å². The maximum absolute atomic E-state index is 12.6. The van der Waals surface area contributed by atoms with Gasteiger partial charge < -0.3 is 15.4 Å². The highest BCUT2D eigenvalue weighted by Crippen LogP contribution is 2.34. The van der Waals surface area contributed by atoms with Gasteiger partial charge in [0.25, 0.3) is 5.91 Å². The molecule has 21 heavy (non-hydrogen) atoms. The Kier molecular flexibility index (Phi) is 5.20. The van der Waals surface area contributed by atoms with Crippen LogP contribution in [0.3, 0.4) is 0 Å². The summed E-state index contributed by atoms with van der Waals surface area (Å²) in [5.74, 6) is -0.00597. The Hall–Kier alpha value is -1.59. The van der Waals surface area contributed by atoms with Crippen molar-refractivity contribution in [3.05, 3.63) is 28.6 Å². The van der Waals surface area contributed by atoms with Crippen LogP contribution in [0.5, 0.6) is 0 Å². The van der Waals surface area contributed by atoms with Crippen LogP contribution in [0.1, 0.15) is 29.1 Å². The minimum absolute atomic E-state index is 0.00597. The van der Waals surface area contributed by atoms with E-state index in [-0.39, 0.29) is 5.91 Å². The molecule has 0 saturated heterocycles. The topological polar surface area (TPSA) is 55.6 Å². The van der Waals surface area contributed by atoms with Crippen molar-refractivity contribution in [2.24, 2.45) is 0 Å². The molecule has 0 unspecified atom stereocenters. The molecule has 114 valence electrons. The number of thiophene rings is 1. The van der Waals surface area contributed by atoms with E-state index in [9.17, 15) is 4.79 Å². The molecule has 0 fully saturated rings. The molecule has 4 nitrogen and oxygen atoms in total. The zero-order valence-corrected chi connectivity index (χ0v) is 13.6. The van der Waals surface area contributed by atoms with E-state index in [1.54, 1.807) is 4.90 Å². The molecule has 5 heteroatoms. The van der Waals surface area contributed by atoms with E-state index in [1.165, 1.54) is 11.3 Å². The molecule has 1 aromatic carbocycles. The number of hydrogen-bond donors (Lipinski definition) is 1. The summed E-state index contributed by atoms with van der Waals surface area (Å²) in [6, 6.07) is 6.10. The molecule has 0 saturated carbocycles. The molecule has 1 aromatic heterocycles. The van der Waals surface area contributed by atoms with Crippen LogP contribution in [-0.4, -0.2) is 37.1 Å². The third-order valence-electron chi connectivity index (χ3n) is 3.45. The number of carbonyl (C=O) groups is 1. The van der Waals surface area contributed by atoms with E-state index in [2.05, 4.69) is 0 Å². The third kappa shape index (κ3) is 3.36. The van der Waals surface area contributed by atoms with Crippen molar-refractivity contribution in [1.82, 2.24) is 4.90 Å². The average Bonchev–Trinajstić information content (AvgIpc) is 2.80. The van der Waals surface area contributed by atoms with Gasteiger partial charge in [-0.3, -0.25) is 4.79 Å². The van der Waals surface area contributed by atoms with Crippen LogP contribution in [0.2, 0.25) is 0 Å². The number of ether oxygens (including phenoxy) is 1. The molecule has 1 amide bonds. The maximum Gasteiger partial charge on any atom is 0.266 e. The van der Waals surface area contributed by atoms with Gasteiger partial charge in [0.05, 0.1) is 12.3 Å². The van der Waals surface area contributed by atoms with E-state index in [0.29, 0.717) is 36.9 Å². The highest BCUT2D eigenvalue weighted by molar-refractivity contribution is 7.21. The lowest BCUT2D eigenvalue weighted by Gasteiger charge is -2.20. The molecule has 2 rings (SSSR count). The van der Waals surface area contributed by atoms with Gasteiger partial charge in [-0.15, -0.1) is 11.3 Å². The minimum atomic E-state index is -0.00597. The first-order chi connectivity index (χ1) is 10.1. The summed E-state index contributed by atoms with van der Waals surface area (Å²) < 4.78 is 6.39. The molecule has 0 aliphatic heterocycles.